The summed E-state index contributed by atoms with van der Waals surface area (Å²) >= 11 is 0. The number of hydrogen-bond donors (Lipinski definition) is 3. The summed E-state index contributed by atoms with van der Waals surface area (Å²) < 4.78 is 71.9. The van der Waals surface area contributed by atoms with Crippen molar-refractivity contribution in [1.82, 2.24) is 0 Å². The van der Waals surface area contributed by atoms with E-state index in [1.165, 1.54) is 0 Å². The van der Waals surface area contributed by atoms with E-state index in [0.29, 0.717) is 0 Å². The second-order valence-electron chi connectivity index (χ2n) is 22.0. The summed E-state index contributed by atoms with van der Waals surface area (Å²) in [6, 6.07) is 0. The first kappa shape index (κ1) is 53.0. The molecule has 21 heteroatoms. The summed E-state index contributed by atoms with van der Waals surface area (Å²) in [4.78, 5) is 42.0. The first-order chi connectivity index (χ1) is 31.0. The molecule has 65 heavy (non-hydrogen) atoms. The van der Waals surface area contributed by atoms with Gasteiger partial charge in [-0.2, -0.15) is 14.1 Å². The van der Waals surface area contributed by atoms with E-state index in [0.717, 1.165) is 225 Å². The molecule has 0 aromatic heterocycles. The van der Waals surface area contributed by atoms with Gasteiger partial charge in [0.25, 0.3) is 0 Å². The second kappa shape index (κ2) is 22.9. The van der Waals surface area contributed by atoms with Gasteiger partial charge in [0.1, 0.15) is 0 Å². The Morgan fingerprint density at radius 2 is 0.400 bits per heavy atom. The molecule has 0 unspecified atom stereocenters. The van der Waals surface area contributed by atoms with Crippen molar-refractivity contribution in [2.24, 2.45) is 0 Å². The molecule has 4 bridgehead atoms. The summed E-state index contributed by atoms with van der Waals surface area (Å²) in [6.45, 7) is 0. The van der Waals surface area contributed by atoms with E-state index in [1.807, 2.05) is 0 Å². The third-order valence-electron chi connectivity index (χ3n) is 17.4. The number of rotatable bonds is 7. The predicted octanol–water partition coefficient (Wildman–Crippen LogP) is 11.7. The summed E-state index contributed by atoms with van der Waals surface area (Å²) in [7, 11) is -26.4. The van der Waals surface area contributed by atoms with Crippen LogP contribution in [-0.4, -0.2) is 90.1 Å². The van der Waals surface area contributed by atoms with Crippen LogP contribution in [0.5, 0.6) is 0 Å². The maximum absolute atomic E-state index is 14.0. The number of fused-ring (bicyclic) bond motifs is 3. The van der Waals surface area contributed by atoms with Crippen LogP contribution in [0.25, 0.3) is 5.32 Å². The minimum Gasteiger partial charge on any atom is -0.668 e. The molecule has 3 N–H and O–H groups in total. The molecule has 10 fully saturated rings. The smallest absolute Gasteiger partial charge is 0.486 e. The molecular formula is C44H86NO12Si7Ti-. The van der Waals surface area contributed by atoms with Gasteiger partial charge < -0.3 is 56.7 Å². The summed E-state index contributed by atoms with van der Waals surface area (Å²) in [6.07, 6.45) is 33.4. The fourth-order valence-electron chi connectivity index (χ4n) is 13.9. The van der Waals surface area contributed by atoms with Crippen LogP contribution in [0.2, 0.25) is 38.8 Å². The Morgan fingerprint density at radius 3 is 0.569 bits per heavy atom. The van der Waals surface area contributed by atoms with Crippen LogP contribution in [0.1, 0.15) is 225 Å². The molecule has 10 aliphatic rings. The Morgan fingerprint density at radius 1 is 0.262 bits per heavy atom. The Labute approximate surface area is 415 Å². The predicted molar refractivity (Wildman–Crippen MR) is 260 cm³/mol. The van der Waals surface area contributed by atoms with Crippen molar-refractivity contribution in [3.63, 3.8) is 0 Å². The summed E-state index contributed by atoms with van der Waals surface area (Å²) in [5.41, 5.74) is -1.25. The van der Waals surface area contributed by atoms with Gasteiger partial charge in [-0.1, -0.05) is 135 Å². The van der Waals surface area contributed by atoms with Gasteiger partial charge in [-0.05, 0) is 89.9 Å². The van der Waals surface area contributed by atoms with Gasteiger partial charge in [-0.3, -0.25) is 0 Å². The van der Waals surface area contributed by atoms with Crippen molar-refractivity contribution in [2.45, 2.75) is 264 Å². The van der Waals surface area contributed by atoms with Crippen LogP contribution in [0.3, 0.4) is 0 Å². The van der Waals surface area contributed by atoms with Crippen molar-refractivity contribution in [3.05, 3.63) is 5.32 Å². The number of hydrogen-bond acceptors (Lipinski definition) is 12. The van der Waals surface area contributed by atoms with Crippen molar-refractivity contribution in [1.29, 1.82) is 0 Å². The van der Waals surface area contributed by atoms with Crippen LogP contribution >= 0.6 is 0 Å². The third kappa shape index (κ3) is 11.3. The largest absolute Gasteiger partial charge is 0.668 e. The monoisotopic (exact) mass is 1060 g/mol. The molecule has 7 aliphatic carbocycles. The van der Waals surface area contributed by atoms with Gasteiger partial charge >= 0.3 is 61.6 Å². The maximum atomic E-state index is 14.0. The van der Waals surface area contributed by atoms with Gasteiger partial charge in [0.05, 0.1) is 0 Å². The molecule has 0 amide bonds. The average molecular weight is 1070 g/mol. The molecule has 10 rings (SSSR count). The molecule has 0 radical (unpaired) electrons. The van der Waals surface area contributed by atoms with Crippen LogP contribution in [0.4, 0.5) is 0 Å². The van der Waals surface area contributed by atoms with Crippen molar-refractivity contribution < 1.29 is 73.1 Å². The zero-order valence-corrected chi connectivity index (χ0v) is 48.8. The molecule has 0 aromatic rings. The molecule has 13 nitrogen and oxygen atoms in total. The van der Waals surface area contributed by atoms with Gasteiger partial charge in [0.15, 0.2) is 0 Å². The van der Waals surface area contributed by atoms with Gasteiger partial charge in [0, 0.05) is 60.5 Å². The quantitative estimate of drug-likeness (QED) is 0.208. The third-order valence-corrected chi connectivity index (χ3v) is 49.2. The van der Waals surface area contributed by atoms with Crippen LogP contribution in [-0.2, 0) is 58.8 Å². The Hall–Kier alpha value is 1.71. The molecule has 7 saturated carbocycles. The molecule has 3 aliphatic heterocycles. The Bertz CT molecular complexity index is 1320. The van der Waals surface area contributed by atoms with Crippen LogP contribution in [0, 0.1) is 0 Å². The van der Waals surface area contributed by atoms with Crippen LogP contribution in [0.15, 0.2) is 0 Å². The fraction of sp³-hybridized carbons (Fsp3) is 1.00. The molecule has 372 valence electrons. The van der Waals surface area contributed by atoms with Crippen LogP contribution < -0.4 is 0 Å². The minimum atomic E-state index is -4.38. The zero-order valence-electron chi connectivity index (χ0n) is 40.3. The SMILES string of the molecule is C[N-]C.O[Si]1(C2CCCCC2)O[Si]2(C3CCCCC3)O[Si](O)(C3CCCCC3)O[Si]3(C4CCCCC4)O[Si](O)(C4CCCCC4)O[Si](C4CCCCC4)(O1)O[Si](C1CCCCC1)(O2)O3.[Ti]. The minimum absolute atomic E-state index is 0. The standard InChI is InChI=1S/C42H80O12Si7.C2H6N.Ti/c43-55(36-22-8-1-9-23-36)46-58(39-28-14-4-15-29-39)48-56(44,37-24-10-2-11-25-37)50-60(41-32-18-6-19-33-41)51-57(45,38-26-12-3-13-27-38)49-59(47-55,40-30-16-5-17-31-40)53-61(52-58,54-60)42-34-20-7-21-35-42;1-3-2;/h36-45H,1-35H2;1-2H3;/q;-1;. The van der Waals surface area contributed by atoms with Crippen molar-refractivity contribution >= 4 is 61.6 Å². The maximum Gasteiger partial charge on any atom is 0.486 e. The van der Waals surface area contributed by atoms with E-state index in [4.69, 9.17) is 37.0 Å². The number of nitrogens with zero attached hydrogens (tertiary/aromatic N) is 1. The Kier molecular flexibility index (Phi) is 18.6. The molecule has 0 spiro atoms. The average Bonchev–Trinajstić information content (AvgIpc) is 3.32. The summed E-state index contributed by atoms with van der Waals surface area (Å²) in [5, 5.41) is 3.50. The Balaban J connectivity index is 0.00000140. The van der Waals surface area contributed by atoms with Crippen molar-refractivity contribution in [3.8, 4) is 0 Å². The first-order valence-corrected chi connectivity index (χ1v) is 39.7. The van der Waals surface area contributed by atoms with Crippen molar-refractivity contribution in [2.75, 3.05) is 14.1 Å². The van der Waals surface area contributed by atoms with E-state index in [9.17, 15) is 14.4 Å². The fourth-order valence-corrected chi connectivity index (χ4v) is 56.4. The topological polar surface area (TPSA) is 158 Å². The van der Waals surface area contributed by atoms with E-state index >= 15 is 0 Å². The first-order valence-electron chi connectivity index (χ1n) is 27.0. The molecule has 3 heterocycles. The zero-order chi connectivity index (χ0) is 44.4. The summed E-state index contributed by atoms with van der Waals surface area (Å²) in [5.74, 6) is 0. The molecule has 0 aromatic carbocycles. The second-order valence-corrected chi connectivity index (χ2v) is 43.7. The molecule has 0 atom stereocenters. The van der Waals surface area contributed by atoms with E-state index in [2.05, 4.69) is 5.32 Å². The molecular weight excluding hydrogens is 979 g/mol. The van der Waals surface area contributed by atoms with E-state index in [-0.39, 0.29) is 60.5 Å². The van der Waals surface area contributed by atoms with Gasteiger partial charge in [0.2, 0.25) is 0 Å². The van der Waals surface area contributed by atoms with E-state index in [1.54, 1.807) is 14.1 Å². The molecule has 3 saturated heterocycles. The van der Waals surface area contributed by atoms with Gasteiger partial charge in [-0.25, -0.2) is 0 Å². The van der Waals surface area contributed by atoms with E-state index < -0.39 is 61.6 Å². The normalized spacial score (nSPS) is 43.2. The van der Waals surface area contributed by atoms with Gasteiger partial charge in [-0.15, -0.1) is 0 Å².